The third kappa shape index (κ3) is 5.70. The molecule has 1 amide bonds. The second-order valence-corrected chi connectivity index (χ2v) is 8.28. The molecule has 1 N–H and O–H groups in total. The maximum absolute atomic E-state index is 12.6. The van der Waals surface area contributed by atoms with E-state index in [1.54, 1.807) is 55.6 Å². The summed E-state index contributed by atoms with van der Waals surface area (Å²) in [6, 6.07) is 22.3. The molecule has 0 fully saturated rings. The molecular formula is C22H19ClN2O3S. The quantitative estimate of drug-likeness (QED) is 0.601. The Morgan fingerprint density at radius 2 is 1.55 bits per heavy atom. The molecule has 0 radical (unpaired) electrons. The first-order valence-corrected chi connectivity index (χ1v) is 10.7. The lowest BCUT2D eigenvalue weighted by Gasteiger charge is -2.18. The molecule has 0 heterocycles. The van der Waals surface area contributed by atoms with Crippen molar-refractivity contribution in [3.8, 4) is 0 Å². The van der Waals surface area contributed by atoms with Crippen molar-refractivity contribution in [2.75, 3.05) is 16.7 Å². The monoisotopic (exact) mass is 426 g/mol. The summed E-state index contributed by atoms with van der Waals surface area (Å²) < 4.78 is 27.0. The fourth-order valence-electron chi connectivity index (χ4n) is 2.59. The van der Waals surface area contributed by atoms with Crippen molar-refractivity contribution in [1.29, 1.82) is 0 Å². The summed E-state index contributed by atoms with van der Waals surface area (Å²) in [5, 5.41) is 1.68. The van der Waals surface area contributed by atoms with Crippen molar-refractivity contribution in [2.24, 2.45) is 0 Å². The van der Waals surface area contributed by atoms with E-state index in [2.05, 4.69) is 4.72 Å². The van der Waals surface area contributed by atoms with Crippen molar-refractivity contribution < 1.29 is 13.2 Å². The molecule has 7 heteroatoms. The highest BCUT2D eigenvalue weighted by Crippen LogP contribution is 2.20. The van der Waals surface area contributed by atoms with Gasteiger partial charge in [0.05, 0.1) is 5.41 Å². The number of rotatable bonds is 6. The molecule has 148 valence electrons. The van der Waals surface area contributed by atoms with Gasteiger partial charge in [-0.25, -0.2) is 8.42 Å². The Kier molecular flexibility index (Phi) is 6.36. The summed E-state index contributed by atoms with van der Waals surface area (Å²) in [7, 11) is -2.00. The number of amides is 1. The Morgan fingerprint density at radius 1 is 0.931 bits per heavy atom. The molecule has 0 saturated heterocycles. The summed E-state index contributed by atoms with van der Waals surface area (Å²) >= 11 is 5.85. The fourth-order valence-corrected chi connectivity index (χ4v) is 3.58. The van der Waals surface area contributed by atoms with Crippen LogP contribution in [0, 0.1) is 0 Å². The van der Waals surface area contributed by atoms with Crippen LogP contribution in [0.5, 0.6) is 0 Å². The maximum atomic E-state index is 12.6. The van der Waals surface area contributed by atoms with Crippen LogP contribution < -0.4 is 9.62 Å². The topological polar surface area (TPSA) is 66.5 Å². The SMILES string of the molecule is CN(C(=O)c1ccc(Cl)cc1)c1ccc(NS(=O)(=O)C=Cc2ccccc2)cc1. The molecular weight excluding hydrogens is 408 g/mol. The van der Waals surface area contributed by atoms with Crippen molar-refractivity contribution in [3.05, 3.63) is 100 Å². The maximum Gasteiger partial charge on any atom is 0.258 e. The number of nitrogens with zero attached hydrogens (tertiary/aromatic N) is 1. The van der Waals surface area contributed by atoms with Crippen LogP contribution >= 0.6 is 11.6 Å². The van der Waals surface area contributed by atoms with E-state index >= 15 is 0 Å². The number of benzene rings is 3. The third-order valence-corrected chi connectivity index (χ3v) is 5.42. The number of carbonyl (C=O) groups is 1. The summed E-state index contributed by atoms with van der Waals surface area (Å²) in [6.07, 6.45) is 1.52. The molecule has 3 aromatic rings. The Labute approximate surface area is 175 Å². The molecule has 0 aromatic heterocycles. The summed E-state index contributed by atoms with van der Waals surface area (Å²) in [6.45, 7) is 0. The van der Waals surface area contributed by atoms with E-state index in [-0.39, 0.29) is 5.91 Å². The van der Waals surface area contributed by atoms with Crippen LogP contribution in [-0.2, 0) is 10.0 Å². The van der Waals surface area contributed by atoms with Crippen molar-refractivity contribution in [3.63, 3.8) is 0 Å². The summed E-state index contributed by atoms with van der Waals surface area (Å²) in [5.41, 5.74) is 2.33. The molecule has 0 aliphatic carbocycles. The number of nitrogens with one attached hydrogen (secondary N) is 1. The van der Waals surface area contributed by atoms with Crippen molar-refractivity contribution in [2.45, 2.75) is 0 Å². The van der Waals surface area contributed by atoms with Crippen LogP contribution in [0.25, 0.3) is 6.08 Å². The molecule has 29 heavy (non-hydrogen) atoms. The largest absolute Gasteiger partial charge is 0.311 e. The average molecular weight is 427 g/mol. The first-order chi connectivity index (χ1) is 13.8. The van der Waals surface area contributed by atoms with Crippen molar-refractivity contribution >= 4 is 45.0 Å². The van der Waals surface area contributed by atoms with Crippen LogP contribution in [0.3, 0.4) is 0 Å². The summed E-state index contributed by atoms with van der Waals surface area (Å²) in [5.74, 6) is -0.194. The Morgan fingerprint density at radius 3 is 2.17 bits per heavy atom. The van der Waals surface area contributed by atoms with Gasteiger partial charge in [-0.3, -0.25) is 9.52 Å². The second kappa shape index (κ2) is 8.94. The Balaban J connectivity index is 1.68. The summed E-state index contributed by atoms with van der Waals surface area (Å²) in [4.78, 5) is 14.0. The van der Waals surface area contributed by atoms with Gasteiger partial charge in [-0.15, -0.1) is 0 Å². The predicted molar refractivity (Wildman–Crippen MR) is 119 cm³/mol. The number of carbonyl (C=O) groups excluding carboxylic acids is 1. The van der Waals surface area contributed by atoms with Crippen LogP contribution in [0.2, 0.25) is 5.02 Å². The van der Waals surface area contributed by atoms with Gasteiger partial charge in [0.1, 0.15) is 0 Å². The van der Waals surface area contributed by atoms with E-state index in [1.165, 1.54) is 11.0 Å². The van der Waals surface area contributed by atoms with Crippen LogP contribution in [0.15, 0.2) is 84.3 Å². The van der Waals surface area contributed by atoms with Gasteiger partial charge in [0.25, 0.3) is 15.9 Å². The molecule has 0 atom stereocenters. The van der Waals surface area contributed by atoms with Crippen molar-refractivity contribution in [1.82, 2.24) is 0 Å². The first kappa shape index (κ1) is 20.6. The fraction of sp³-hybridized carbons (Fsp3) is 0.0455. The number of halogens is 1. The van der Waals surface area contributed by atoms with Gasteiger partial charge in [0.15, 0.2) is 0 Å². The molecule has 0 spiro atoms. The van der Waals surface area contributed by atoms with E-state index in [0.717, 1.165) is 11.0 Å². The third-order valence-electron chi connectivity index (χ3n) is 4.15. The van der Waals surface area contributed by atoms with E-state index in [4.69, 9.17) is 11.6 Å². The lowest BCUT2D eigenvalue weighted by molar-refractivity contribution is 0.0993. The molecule has 0 unspecified atom stereocenters. The van der Waals surface area contributed by atoms with Crippen LogP contribution in [0.1, 0.15) is 15.9 Å². The smallest absolute Gasteiger partial charge is 0.258 e. The minimum atomic E-state index is -3.65. The van der Waals surface area contributed by atoms with Gasteiger partial charge in [-0.05, 0) is 60.2 Å². The number of hydrogen-bond acceptors (Lipinski definition) is 3. The second-order valence-electron chi connectivity index (χ2n) is 6.28. The minimum Gasteiger partial charge on any atom is -0.311 e. The number of hydrogen-bond donors (Lipinski definition) is 1. The van der Waals surface area contributed by atoms with Gasteiger partial charge in [-0.1, -0.05) is 41.9 Å². The standard InChI is InChI=1S/C22H19ClN2O3S/c1-25(22(26)18-7-9-19(23)10-8-18)21-13-11-20(12-14-21)24-29(27,28)16-15-17-5-3-2-4-6-17/h2-16,24H,1H3. The van der Waals surface area contributed by atoms with E-state index < -0.39 is 10.0 Å². The number of anilines is 2. The normalized spacial score (nSPS) is 11.4. The van der Waals surface area contributed by atoms with Gasteiger partial charge in [0, 0.05) is 29.0 Å². The van der Waals surface area contributed by atoms with Gasteiger partial charge in [0.2, 0.25) is 0 Å². The Bertz CT molecular complexity index is 1110. The predicted octanol–water partition coefficient (Wildman–Crippen LogP) is 5.03. The highest BCUT2D eigenvalue weighted by atomic mass is 35.5. The highest BCUT2D eigenvalue weighted by Gasteiger charge is 2.14. The molecule has 5 nitrogen and oxygen atoms in total. The van der Waals surface area contributed by atoms with Gasteiger partial charge < -0.3 is 4.90 Å². The molecule has 0 aliphatic heterocycles. The van der Waals surface area contributed by atoms with Gasteiger partial charge >= 0.3 is 0 Å². The van der Waals surface area contributed by atoms with Crippen LogP contribution in [-0.4, -0.2) is 21.4 Å². The zero-order chi connectivity index (χ0) is 20.9. The molecule has 0 saturated carbocycles. The molecule has 0 bridgehead atoms. The zero-order valence-electron chi connectivity index (χ0n) is 15.6. The van der Waals surface area contributed by atoms with Crippen LogP contribution in [0.4, 0.5) is 11.4 Å². The average Bonchev–Trinajstić information content (AvgIpc) is 2.73. The first-order valence-electron chi connectivity index (χ1n) is 8.74. The molecule has 3 rings (SSSR count). The lowest BCUT2D eigenvalue weighted by Crippen LogP contribution is -2.26. The zero-order valence-corrected chi connectivity index (χ0v) is 17.2. The van der Waals surface area contributed by atoms with E-state index in [0.29, 0.717) is 22.0 Å². The number of sulfonamides is 1. The lowest BCUT2D eigenvalue weighted by atomic mass is 10.2. The van der Waals surface area contributed by atoms with E-state index in [9.17, 15) is 13.2 Å². The highest BCUT2D eigenvalue weighted by molar-refractivity contribution is 7.95. The van der Waals surface area contributed by atoms with E-state index in [1.807, 2.05) is 30.3 Å². The molecule has 3 aromatic carbocycles. The molecule has 0 aliphatic rings. The Hall–Kier alpha value is -3.09. The van der Waals surface area contributed by atoms with Gasteiger partial charge in [-0.2, -0.15) is 0 Å². The minimum absolute atomic E-state index is 0.194.